The van der Waals surface area contributed by atoms with Gasteiger partial charge in [0.1, 0.15) is 5.75 Å². The fourth-order valence-electron chi connectivity index (χ4n) is 3.05. The van der Waals surface area contributed by atoms with E-state index >= 15 is 0 Å². The molecule has 1 amide bonds. The molecule has 1 fully saturated rings. The van der Waals surface area contributed by atoms with Crippen LogP contribution in [-0.2, 0) is 16.0 Å². The van der Waals surface area contributed by atoms with Gasteiger partial charge >= 0.3 is 5.97 Å². The summed E-state index contributed by atoms with van der Waals surface area (Å²) in [4.78, 5) is 27.4. The summed E-state index contributed by atoms with van der Waals surface area (Å²) in [6.45, 7) is 0.611. The number of ether oxygens (including phenoxy) is 1. The maximum Gasteiger partial charge on any atom is 0.314 e. The molecule has 0 aliphatic heterocycles. The van der Waals surface area contributed by atoms with Gasteiger partial charge in [-0.15, -0.1) is 0 Å². The summed E-state index contributed by atoms with van der Waals surface area (Å²) < 4.78 is 5.46. The van der Waals surface area contributed by atoms with E-state index in [-0.39, 0.29) is 24.3 Å². The number of aryl methyl sites for hydroxylation is 1. The Hall–Kier alpha value is -2.61. The molecule has 8 heteroatoms. The number of nitrogens with zero attached hydrogens (tertiary/aromatic N) is 1. The van der Waals surface area contributed by atoms with Gasteiger partial charge in [-0.25, -0.2) is 5.48 Å². The number of benzene rings is 1. The molecule has 0 saturated heterocycles. The third kappa shape index (κ3) is 6.36. The van der Waals surface area contributed by atoms with Gasteiger partial charge in [0, 0.05) is 13.0 Å². The second kappa shape index (κ2) is 9.76. The standard InChI is InChI=1S/C18H26N4O4/c19-18(20)21-11-13-1-6-14(7-2-13)17(24)26-15-8-3-12(4-9-15)5-10-16(23)22-25/h3-4,8-9,13-14,25H,1-2,5-7,10-11H2,(H,22,23)(H4,19,20,21). The highest BCUT2D eigenvalue weighted by Gasteiger charge is 2.27. The molecule has 1 aliphatic carbocycles. The number of hydrogen-bond acceptors (Lipinski definition) is 5. The van der Waals surface area contributed by atoms with Crippen molar-refractivity contribution in [1.82, 2.24) is 5.48 Å². The highest BCUT2D eigenvalue weighted by atomic mass is 16.5. The maximum atomic E-state index is 12.3. The van der Waals surface area contributed by atoms with Gasteiger partial charge in [0.25, 0.3) is 0 Å². The van der Waals surface area contributed by atoms with Gasteiger partial charge in [-0.3, -0.25) is 19.8 Å². The summed E-state index contributed by atoms with van der Waals surface area (Å²) in [7, 11) is 0. The first-order valence-electron chi connectivity index (χ1n) is 8.77. The predicted octanol–water partition coefficient (Wildman–Crippen LogP) is 1.11. The number of hydroxylamine groups is 1. The van der Waals surface area contributed by atoms with Gasteiger partial charge in [0.15, 0.2) is 5.96 Å². The number of hydrogen-bond donors (Lipinski definition) is 4. The normalized spacial score (nSPS) is 19.4. The number of aliphatic imine (C=N–C) groups is 1. The number of rotatable bonds is 7. The van der Waals surface area contributed by atoms with E-state index in [2.05, 4.69) is 4.99 Å². The van der Waals surface area contributed by atoms with Crippen molar-refractivity contribution >= 4 is 17.8 Å². The van der Waals surface area contributed by atoms with Crippen LogP contribution in [0.4, 0.5) is 0 Å². The summed E-state index contributed by atoms with van der Waals surface area (Å²) in [6, 6.07) is 7.04. The second-order valence-corrected chi connectivity index (χ2v) is 6.58. The molecular formula is C18H26N4O4. The van der Waals surface area contributed by atoms with Crippen LogP contribution in [0, 0.1) is 11.8 Å². The molecule has 1 aromatic carbocycles. The Balaban J connectivity index is 1.77. The Morgan fingerprint density at radius 2 is 1.81 bits per heavy atom. The molecule has 0 spiro atoms. The van der Waals surface area contributed by atoms with Crippen LogP contribution in [-0.4, -0.2) is 29.6 Å². The summed E-state index contributed by atoms with van der Waals surface area (Å²) >= 11 is 0. The average molecular weight is 362 g/mol. The Morgan fingerprint density at radius 1 is 1.15 bits per heavy atom. The summed E-state index contributed by atoms with van der Waals surface area (Å²) in [5.41, 5.74) is 13.2. The van der Waals surface area contributed by atoms with E-state index in [1.165, 1.54) is 0 Å². The number of nitrogens with one attached hydrogen (secondary N) is 1. The quantitative estimate of drug-likeness (QED) is 0.143. The van der Waals surface area contributed by atoms with Crippen molar-refractivity contribution in [3.05, 3.63) is 29.8 Å². The predicted molar refractivity (Wildman–Crippen MR) is 96.5 cm³/mol. The monoisotopic (exact) mass is 362 g/mol. The molecule has 0 atom stereocenters. The van der Waals surface area contributed by atoms with Gasteiger partial charge < -0.3 is 16.2 Å². The first-order chi connectivity index (χ1) is 12.5. The van der Waals surface area contributed by atoms with E-state index < -0.39 is 5.91 Å². The van der Waals surface area contributed by atoms with E-state index in [9.17, 15) is 9.59 Å². The molecular weight excluding hydrogens is 336 g/mol. The molecule has 1 aromatic rings. The lowest BCUT2D eigenvalue weighted by Crippen LogP contribution is -2.28. The first-order valence-corrected chi connectivity index (χ1v) is 8.77. The van der Waals surface area contributed by atoms with E-state index in [4.69, 9.17) is 21.4 Å². The molecule has 0 heterocycles. The largest absolute Gasteiger partial charge is 0.426 e. The van der Waals surface area contributed by atoms with E-state index in [0.717, 1.165) is 31.2 Å². The zero-order valence-electron chi connectivity index (χ0n) is 14.7. The number of nitrogens with two attached hydrogens (primary N) is 2. The third-order valence-electron chi connectivity index (χ3n) is 4.62. The van der Waals surface area contributed by atoms with Crippen LogP contribution in [0.2, 0.25) is 0 Å². The lowest BCUT2D eigenvalue weighted by atomic mass is 9.82. The summed E-state index contributed by atoms with van der Waals surface area (Å²) in [5.74, 6) is 0.267. The molecule has 6 N–H and O–H groups in total. The van der Waals surface area contributed by atoms with Gasteiger partial charge in [-0.1, -0.05) is 12.1 Å². The number of guanidine groups is 1. The van der Waals surface area contributed by atoms with E-state index in [0.29, 0.717) is 24.6 Å². The van der Waals surface area contributed by atoms with Crippen LogP contribution < -0.4 is 21.7 Å². The summed E-state index contributed by atoms with van der Waals surface area (Å²) in [6.07, 6.45) is 4.06. The fourth-order valence-corrected chi connectivity index (χ4v) is 3.05. The second-order valence-electron chi connectivity index (χ2n) is 6.58. The number of carbonyl (C=O) groups is 2. The minimum absolute atomic E-state index is 0.0987. The molecule has 8 nitrogen and oxygen atoms in total. The number of amides is 1. The van der Waals surface area contributed by atoms with Crippen molar-refractivity contribution in [1.29, 1.82) is 0 Å². The minimum atomic E-state index is -0.434. The number of carbonyl (C=O) groups excluding carboxylic acids is 2. The fraction of sp³-hybridized carbons (Fsp3) is 0.500. The van der Waals surface area contributed by atoms with Crippen LogP contribution in [0.5, 0.6) is 5.75 Å². The van der Waals surface area contributed by atoms with Crippen LogP contribution >= 0.6 is 0 Å². The zero-order chi connectivity index (χ0) is 18.9. The summed E-state index contributed by atoms with van der Waals surface area (Å²) in [5, 5.41) is 8.48. The highest BCUT2D eigenvalue weighted by molar-refractivity contribution is 5.76. The third-order valence-corrected chi connectivity index (χ3v) is 4.62. The Kier molecular flexibility index (Phi) is 7.40. The molecule has 0 radical (unpaired) electrons. The topological polar surface area (TPSA) is 140 Å². The van der Waals surface area contributed by atoms with Gasteiger partial charge in [0.2, 0.25) is 5.91 Å². The van der Waals surface area contributed by atoms with Gasteiger partial charge in [0.05, 0.1) is 5.92 Å². The van der Waals surface area contributed by atoms with E-state index in [1.54, 1.807) is 29.7 Å². The van der Waals surface area contributed by atoms with Crippen molar-refractivity contribution in [3.63, 3.8) is 0 Å². The molecule has 0 bridgehead atoms. The Bertz CT molecular complexity index is 633. The lowest BCUT2D eigenvalue weighted by molar-refractivity contribution is -0.140. The van der Waals surface area contributed by atoms with Crippen molar-refractivity contribution in [3.8, 4) is 5.75 Å². The molecule has 1 aliphatic rings. The van der Waals surface area contributed by atoms with Crippen molar-refractivity contribution in [2.45, 2.75) is 38.5 Å². The Morgan fingerprint density at radius 3 is 2.38 bits per heavy atom. The molecule has 2 rings (SSSR count). The molecule has 1 saturated carbocycles. The maximum absolute atomic E-state index is 12.3. The average Bonchev–Trinajstić information content (AvgIpc) is 2.65. The van der Waals surface area contributed by atoms with Crippen LogP contribution in [0.25, 0.3) is 0 Å². The molecule has 26 heavy (non-hydrogen) atoms. The van der Waals surface area contributed by atoms with Crippen LogP contribution in [0.1, 0.15) is 37.7 Å². The highest BCUT2D eigenvalue weighted by Crippen LogP contribution is 2.30. The number of esters is 1. The first kappa shape index (κ1) is 19.7. The van der Waals surface area contributed by atoms with Crippen LogP contribution in [0.15, 0.2) is 29.3 Å². The molecule has 0 aromatic heterocycles. The van der Waals surface area contributed by atoms with Crippen LogP contribution in [0.3, 0.4) is 0 Å². The minimum Gasteiger partial charge on any atom is -0.426 e. The molecule has 142 valence electrons. The lowest BCUT2D eigenvalue weighted by Gasteiger charge is -2.26. The van der Waals surface area contributed by atoms with Gasteiger partial charge in [-0.2, -0.15) is 0 Å². The van der Waals surface area contributed by atoms with E-state index in [1.807, 2.05) is 0 Å². The van der Waals surface area contributed by atoms with Gasteiger partial charge in [-0.05, 0) is 55.7 Å². The van der Waals surface area contributed by atoms with Crippen molar-refractivity contribution < 1.29 is 19.5 Å². The zero-order valence-corrected chi connectivity index (χ0v) is 14.7. The molecule has 0 unspecified atom stereocenters. The van der Waals surface area contributed by atoms with Crippen molar-refractivity contribution in [2.75, 3.05) is 6.54 Å². The smallest absolute Gasteiger partial charge is 0.314 e. The SMILES string of the molecule is NC(N)=NCC1CCC(C(=O)Oc2ccc(CCC(=O)NO)cc2)CC1. The van der Waals surface area contributed by atoms with Crippen molar-refractivity contribution in [2.24, 2.45) is 28.3 Å². The Labute approximate surface area is 152 Å².